The zero-order valence-corrected chi connectivity index (χ0v) is 39.0. The number of carbonyl (C=O) groups excluding carboxylic acids is 2. The minimum absolute atomic E-state index is 0.0546. The van der Waals surface area contributed by atoms with Gasteiger partial charge in [0.15, 0.2) is 6.10 Å². The van der Waals surface area contributed by atoms with Crippen LogP contribution in [0.25, 0.3) is 0 Å². The third kappa shape index (κ3) is 30.7. The van der Waals surface area contributed by atoms with E-state index in [0.29, 0.717) is 19.3 Å². The number of aliphatic hydroxyl groups is 5. The minimum Gasteiger partial charge on any atom is -0.462 e. The molecule has 360 valence electrons. The number of ether oxygens (including phenoxy) is 2. The van der Waals surface area contributed by atoms with Crippen molar-refractivity contribution in [2.75, 3.05) is 13.2 Å². The molecule has 6 unspecified atom stereocenters. The molecule has 0 aromatic rings. The molecule has 14 heteroatoms. The van der Waals surface area contributed by atoms with E-state index in [4.69, 9.17) is 18.5 Å². The fourth-order valence-electron chi connectivity index (χ4n) is 6.40. The summed E-state index contributed by atoms with van der Waals surface area (Å²) in [4.78, 5) is 35.7. The second-order valence-corrected chi connectivity index (χ2v) is 17.3. The van der Waals surface area contributed by atoms with Gasteiger partial charge in [0.1, 0.15) is 43.2 Å². The molecule has 0 aromatic carbocycles. The number of unbranched alkanes of at least 4 members (excludes halogenated alkanes) is 11. The lowest BCUT2D eigenvalue weighted by Crippen LogP contribution is -2.64. The van der Waals surface area contributed by atoms with Crippen molar-refractivity contribution in [3.8, 4) is 0 Å². The van der Waals surface area contributed by atoms with Crippen molar-refractivity contribution in [2.45, 2.75) is 198 Å². The first kappa shape index (κ1) is 58.0. The molecule has 0 radical (unpaired) electrons. The van der Waals surface area contributed by atoms with Crippen LogP contribution in [0.2, 0.25) is 0 Å². The number of phosphoric ester groups is 1. The Morgan fingerprint density at radius 3 is 1.33 bits per heavy atom. The Kier molecular flexibility index (Phi) is 35.3. The number of hydrogen-bond donors (Lipinski definition) is 6. The van der Waals surface area contributed by atoms with Gasteiger partial charge in [-0.2, -0.15) is 0 Å². The maximum atomic E-state index is 12.8. The monoisotopic (exact) mass is 909 g/mol. The Morgan fingerprint density at radius 2 is 0.873 bits per heavy atom. The van der Waals surface area contributed by atoms with Gasteiger partial charge in [0, 0.05) is 12.8 Å². The number of aliphatic hydroxyl groups excluding tert-OH is 5. The quantitative estimate of drug-likeness (QED) is 0.0149. The fraction of sp³-hybridized carbons (Fsp3) is 0.673. The van der Waals surface area contributed by atoms with Gasteiger partial charge in [-0.15, -0.1) is 0 Å². The van der Waals surface area contributed by atoms with E-state index in [2.05, 4.69) is 86.8 Å². The van der Waals surface area contributed by atoms with Crippen molar-refractivity contribution >= 4 is 19.8 Å². The second kappa shape index (κ2) is 38.3. The van der Waals surface area contributed by atoms with E-state index in [-0.39, 0.29) is 12.8 Å². The number of carbonyl (C=O) groups is 2. The molecule has 0 bridgehead atoms. The minimum atomic E-state index is -5.14. The smallest absolute Gasteiger partial charge is 0.462 e. The molecule has 1 aliphatic rings. The molecule has 1 saturated carbocycles. The highest BCUT2D eigenvalue weighted by molar-refractivity contribution is 7.47. The fourth-order valence-corrected chi connectivity index (χ4v) is 7.37. The van der Waals surface area contributed by atoms with Crippen LogP contribution in [0.15, 0.2) is 85.1 Å². The van der Waals surface area contributed by atoms with Crippen LogP contribution in [-0.2, 0) is 32.7 Å². The number of hydrogen-bond acceptors (Lipinski definition) is 12. The summed E-state index contributed by atoms with van der Waals surface area (Å²) in [7, 11) is -5.14. The number of phosphoric acid groups is 1. The third-order valence-corrected chi connectivity index (χ3v) is 11.2. The molecule has 0 aromatic heterocycles. The number of esters is 2. The van der Waals surface area contributed by atoms with Crippen LogP contribution in [-0.4, -0.2) is 98.3 Å². The van der Waals surface area contributed by atoms with Crippen molar-refractivity contribution in [3.05, 3.63) is 85.1 Å². The van der Waals surface area contributed by atoms with Gasteiger partial charge in [-0.1, -0.05) is 137 Å². The molecule has 8 atom stereocenters. The summed E-state index contributed by atoms with van der Waals surface area (Å²) in [6, 6.07) is 0. The highest BCUT2D eigenvalue weighted by atomic mass is 31.2. The van der Waals surface area contributed by atoms with Crippen molar-refractivity contribution in [1.82, 2.24) is 0 Å². The second-order valence-electron chi connectivity index (χ2n) is 15.9. The molecular weight excluding hydrogens is 827 g/mol. The topological polar surface area (TPSA) is 210 Å². The van der Waals surface area contributed by atoms with Gasteiger partial charge in [0.2, 0.25) is 0 Å². The van der Waals surface area contributed by atoms with Gasteiger partial charge < -0.3 is 39.9 Å². The first-order chi connectivity index (χ1) is 30.4. The predicted octanol–water partition coefficient (Wildman–Crippen LogP) is 9.28. The molecular formula is C49H81O13P. The van der Waals surface area contributed by atoms with Crippen LogP contribution in [0.4, 0.5) is 0 Å². The molecule has 0 amide bonds. The summed E-state index contributed by atoms with van der Waals surface area (Å²) in [5.74, 6) is -1.20. The van der Waals surface area contributed by atoms with E-state index >= 15 is 0 Å². The maximum absolute atomic E-state index is 12.8. The zero-order chi connectivity index (χ0) is 46.4. The lowest BCUT2D eigenvalue weighted by Gasteiger charge is -2.41. The third-order valence-electron chi connectivity index (χ3n) is 10.2. The first-order valence-electron chi connectivity index (χ1n) is 23.4. The highest BCUT2D eigenvalue weighted by Gasteiger charge is 2.51. The summed E-state index contributed by atoms with van der Waals surface area (Å²) in [6.45, 7) is 3.16. The Bertz CT molecular complexity index is 1420. The van der Waals surface area contributed by atoms with Crippen molar-refractivity contribution in [2.24, 2.45) is 0 Å². The summed E-state index contributed by atoms with van der Waals surface area (Å²) < 4.78 is 33.5. The van der Waals surface area contributed by atoms with E-state index in [9.17, 15) is 44.6 Å². The average molecular weight is 909 g/mol. The van der Waals surface area contributed by atoms with Crippen LogP contribution in [0.3, 0.4) is 0 Å². The SMILES string of the molecule is CCCCC/C=C/C/C=C/C/C=C/C/C=C/CCCC(=O)OC[C@@H](COP(=O)(O)OC1C(O)C(O)C(O)[C@H](O)C1O)OC(=O)CCCCCC/C=C/C/C=C/C/C=C/CCCCC. The lowest BCUT2D eigenvalue weighted by atomic mass is 9.85. The summed E-state index contributed by atoms with van der Waals surface area (Å²) in [5.41, 5.74) is 0. The van der Waals surface area contributed by atoms with Gasteiger partial charge in [0.25, 0.3) is 0 Å². The Balaban J connectivity index is 2.53. The summed E-state index contributed by atoms with van der Waals surface area (Å²) in [6.07, 6.45) is 36.4. The molecule has 1 aliphatic carbocycles. The Labute approximate surface area is 378 Å². The van der Waals surface area contributed by atoms with E-state index < -0.39 is 75.7 Å². The molecule has 63 heavy (non-hydrogen) atoms. The lowest BCUT2D eigenvalue weighted by molar-refractivity contribution is -0.220. The van der Waals surface area contributed by atoms with Crippen LogP contribution >= 0.6 is 7.82 Å². The van der Waals surface area contributed by atoms with E-state index in [1.807, 2.05) is 12.2 Å². The van der Waals surface area contributed by atoms with E-state index in [1.54, 1.807) is 0 Å². The number of rotatable bonds is 37. The van der Waals surface area contributed by atoms with Gasteiger partial charge in [-0.25, -0.2) is 4.57 Å². The van der Waals surface area contributed by atoms with Gasteiger partial charge in [-0.3, -0.25) is 18.6 Å². The van der Waals surface area contributed by atoms with E-state index in [0.717, 1.165) is 70.6 Å². The Morgan fingerprint density at radius 1 is 0.492 bits per heavy atom. The molecule has 1 fully saturated rings. The highest BCUT2D eigenvalue weighted by Crippen LogP contribution is 2.47. The summed E-state index contributed by atoms with van der Waals surface area (Å²) in [5, 5.41) is 50.2. The van der Waals surface area contributed by atoms with Crippen molar-refractivity contribution < 1.29 is 63.1 Å². The predicted molar refractivity (Wildman–Crippen MR) is 248 cm³/mol. The largest absolute Gasteiger partial charge is 0.472 e. The van der Waals surface area contributed by atoms with Crippen LogP contribution < -0.4 is 0 Å². The van der Waals surface area contributed by atoms with Gasteiger partial charge >= 0.3 is 19.8 Å². The zero-order valence-electron chi connectivity index (χ0n) is 38.1. The molecule has 13 nitrogen and oxygen atoms in total. The molecule has 0 heterocycles. The van der Waals surface area contributed by atoms with Crippen molar-refractivity contribution in [3.63, 3.8) is 0 Å². The Hall–Kier alpha value is -2.97. The molecule has 0 saturated heterocycles. The molecule has 1 rings (SSSR count). The van der Waals surface area contributed by atoms with Crippen molar-refractivity contribution in [1.29, 1.82) is 0 Å². The van der Waals surface area contributed by atoms with Crippen LogP contribution in [0.5, 0.6) is 0 Å². The van der Waals surface area contributed by atoms with Gasteiger partial charge in [-0.05, 0) is 89.9 Å². The first-order valence-corrected chi connectivity index (χ1v) is 24.9. The average Bonchev–Trinajstić information content (AvgIpc) is 3.26. The van der Waals surface area contributed by atoms with Crippen LogP contribution in [0, 0.1) is 0 Å². The number of allylic oxidation sites excluding steroid dienone is 14. The molecule has 0 aliphatic heterocycles. The summed E-state index contributed by atoms with van der Waals surface area (Å²) >= 11 is 0. The van der Waals surface area contributed by atoms with Crippen LogP contribution in [0.1, 0.15) is 155 Å². The van der Waals surface area contributed by atoms with Gasteiger partial charge in [0.05, 0.1) is 6.61 Å². The maximum Gasteiger partial charge on any atom is 0.472 e. The normalized spacial score (nSPS) is 22.5. The molecule has 0 spiro atoms. The standard InChI is InChI=1S/C49H81O13P/c1-3-5-7-9-11-13-15-17-19-21-23-25-27-29-31-33-35-37-42(50)59-39-41(40-60-63(57,58)62-49-47(55)45(53)44(52)46(54)48(49)56)61-43(51)38-36-34-32-30-28-26-24-22-20-18-16-14-12-10-8-6-4-2/h11-14,17-20,23-26,29,31,41,44-49,52-56H,3-10,15-16,21-22,27-28,30,32-40H2,1-2H3,(H,57,58)/b13-11+,14-12+,19-17+,20-18+,25-23+,26-24+,31-29+/t41-,44?,45-,46?,47?,48?,49?/m0/s1. The molecule has 6 N–H and O–H groups in total. The van der Waals surface area contributed by atoms with E-state index in [1.165, 1.54) is 38.5 Å².